The molecule has 0 spiro atoms. The molecular formula is C11H11Cl2NO. The van der Waals surface area contributed by atoms with Gasteiger partial charge in [-0.1, -0.05) is 28.8 Å². The molecular weight excluding hydrogens is 233 g/mol. The van der Waals surface area contributed by atoms with Gasteiger partial charge in [-0.3, -0.25) is 4.79 Å². The van der Waals surface area contributed by atoms with Crippen molar-refractivity contribution in [2.75, 3.05) is 5.73 Å². The highest BCUT2D eigenvalue weighted by molar-refractivity contribution is 6.39. The summed E-state index contributed by atoms with van der Waals surface area (Å²) in [7, 11) is 0. The molecule has 0 saturated heterocycles. The molecule has 15 heavy (non-hydrogen) atoms. The van der Waals surface area contributed by atoms with Gasteiger partial charge in [-0.2, -0.15) is 0 Å². The summed E-state index contributed by atoms with van der Waals surface area (Å²) in [4.78, 5) is 11.6. The summed E-state index contributed by atoms with van der Waals surface area (Å²) in [5, 5.41) is 0.598. The number of hydrogen-bond acceptors (Lipinski definition) is 2. The Morgan fingerprint density at radius 2 is 1.73 bits per heavy atom. The van der Waals surface area contributed by atoms with Crippen LogP contribution in [0.15, 0.2) is 23.8 Å². The zero-order valence-corrected chi connectivity index (χ0v) is 9.99. The van der Waals surface area contributed by atoms with E-state index in [2.05, 4.69) is 0 Å². The predicted octanol–water partition coefficient (Wildman–Crippen LogP) is 3.72. The lowest BCUT2D eigenvalue weighted by Crippen LogP contribution is -1.97. The summed E-state index contributed by atoms with van der Waals surface area (Å²) in [6, 6.07) is 3.04. The molecule has 0 aliphatic heterocycles. The van der Waals surface area contributed by atoms with E-state index >= 15 is 0 Å². The fourth-order valence-electron chi connectivity index (χ4n) is 1.07. The third-order valence-electron chi connectivity index (χ3n) is 1.78. The molecule has 80 valence electrons. The van der Waals surface area contributed by atoms with Crippen LogP contribution in [0.3, 0.4) is 0 Å². The average Bonchev–Trinajstić information content (AvgIpc) is 2.12. The van der Waals surface area contributed by atoms with E-state index in [4.69, 9.17) is 28.9 Å². The number of hydrogen-bond donors (Lipinski definition) is 1. The largest absolute Gasteiger partial charge is 0.396 e. The zero-order chi connectivity index (χ0) is 11.6. The lowest BCUT2D eigenvalue weighted by molar-refractivity contribution is 0.104. The number of benzene rings is 1. The maximum Gasteiger partial charge on any atom is 0.185 e. The molecule has 1 aromatic rings. The normalized spacial score (nSPS) is 9.87. The first-order valence-electron chi connectivity index (χ1n) is 4.35. The van der Waals surface area contributed by atoms with E-state index in [-0.39, 0.29) is 5.78 Å². The van der Waals surface area contributed by atoms with E-state index < -0.39 is 0 Å². The minimum atomic E-state index is -0.126. The van der Waals surface area contributed by atoms with Gasteiger partial charge >= 0.3 is 0 Å². The van der Waals surface area contributed by atoms with Crippen molar-refractivity contribution in [2.24, 2.45) is 0 Å². The second kappa shape index (κ2) is 4.69. The summed E-state index contributed by atoms with van der Waals surface area (Å²) in [5.41, 5.74) is 7.23. The SMILES string of the molecule is CC(C)=CC(=O)c1cc(Cl)c(N)c(Cl)c1. The smallest absolute Gasteiger partial charge is 0.185 e. The van der Waals surface area contributed by atoms with Crippen molar-refractivity contribution in [1.82, 2.24) is 0 Å². The highest BCUT2D eigenvalue weighted by Crippen LogP contribution is 2.29. The Bertz CT molecular complexity index is 411. The number of nitrogens with two attached hydrogens (primary N) is 1. The van der Waals surface area contributed by atoms with Crippen LogP contribution >= 0.6 is 23.2 Å². The van der Waals surface area contributed by atoms with Gasteiger partial charge < -0.3 is 5.73 Å². The van der Waals surface area contributed by atoms with Crippen molar-refractivity contribution in [1.29, 1.82) is 0 Å². The minimum absolute atomic E-state index is 0.126. The van der Waals surface area contributed by atoms with Crippen LogP contribution in [-0.2, 0) is 0 Å². The first-order chi connectivity index (χ1) is 6.91. The number of allylic oxidation sites excluding steroid dienone is 2. The fraction of sp³-hybridized carbons (Fsp3) is 0.182. The molecule has 2 nitrogen and oxygen atoms in total. The van der Waals surface area contributed by atoms with Gasteiger partial charge in [0.25, 0.3) is 0 Å². The van der Waals surface area contributed by atoms with Gasteiger partial charge in [-0.15, -0.1) is 0 Å². The fourth-order valence-corrected chi connectivity index (χ4v) is 1.56. The quantitative estimate of drug-likeness (QED) is 0.489. The van der Waals surface area contributed by atoms with Crippen LogP contribution in [0.5, 0.6) is 0 Å². The Balaban J connectivity index is 3.18. The van der Waals surface area contributed by atoms with Gasteiger partial charge in [-0.05, 0) is 32.1 Å². The van der Waals surface area contributed by atoms with E-state index in [0.29, 0.717) is 21.3 Å². The number of anilines is 1. The van der Waals surface area contributed by atoms with Crippen LogP contribution < -0.4 is 5.73 Å². The predicted molar refractivity (Wildman–Crippen MR) is 64.6 cm³/mol. The summed E-state index contributed by atoms with van der Waals surface area (Å²) >= 11 is 11.6. The van der Waals surface area contributed by atoms with Crippen LogP contribution in [0.1, 0.15) is 24.2 Å². The molecule has 0 aromatic heterocycles. The van der Waals surface area contributed by atoms with Crippen LogP contribution in [0.4, 0.5) is 5.69 Å². The number of rotatable bonds is 2. The molecule has 0 heterocycles. The molecule has 2 N–H and O–H groups in total. The summed E-state index contributed by atoms with van der Waals surface area (Å²) in [6.07, 6.45) is 1.53. The number of ketones is 1. The van der Waals surface area contributed by atoms with Crippen molar-refractivity contribution in [2.45, 2.75) is 13.8 Å². The van der Waals surface area contributed by atoms with Crippen molar-refractivity contribution in [3.05, 3.63) is 39.4 Å². The molecule has 0 radical (unpaired) electrons. The van der Waals surface area contributed by atoms with Gasteiger partial charge in [0.1, 0.15) is 0 Å². The third kappa shape index (κ3) is 2.98. The molecule has 0 aliphatic carbocycles. The van der Waals surface area contributed by atoms with E-state index in [1.54, 1.807) is 0 Å². The molecule has 0 unspecified atom stereocenters. The summed E-state index contributed by atoms with van der Waals surface area (Å²) < 4.78 is 0. The molecule has 1 aromatic carbocycles. The number of carbonyl (C=O) groups is 1. The Kier molecular flexibility index (Phi) is 3.77. The number of nitrogen functional groups attached to an aromatic ring is 1. The van der Waals surface area contributed by atoms with Crippen LogP contribution in [0, 0.1) is 0 Å². The molecule has 0 aliphatic rings. The standard InChI is InChI=1S/C11H11Cl2NO/c1-6(2)3-10(15)7-4-8(12)11(14)9(13)5-7/h3-5H,14H2,1-2H3. The highest BCUT2D eigenvalue weighted by atomic mass is 35.5. The first-order valence-corrected chi connectivity index (χ1v) is 5.11. The maximum absolute atomic E-state index is 11.6. The molecule has 0 bridgehead atoms. The Morgan fingerprint density at radius 3 is 2.13 bits per heavy atom. The Morgan fingerprint density at radius 1 is 1.27 bits per heavy atom. The Labute approximate surface area is 98.7 Å². The third-order valence-corrected chi connectivity index (χ3v) is 2.41. The van der Waals surface area contributed by atoms with Gasteiger partial charge in [0, 0.05) is 5.56 Å². The molecule has 1 rings (SSSR count). The van der Waals surface area contributed by atoms with Crippen molar-refractivity contribution in [3.63, 3.8) is 0 Å². The molecule has 4 heteroatoms. The first kappa shape index (κ1) is 12.1. The van der Waals surface area contributed by atoms with Crippen molar-refractivity contribution >= 4 is 34.7 Å². The van der Waals surface area contributed by atoms with E-state index in [0.717, 1.165) is 5.57 Å². The lowest BCUT2D eigenvalue weighted by Gasteiger charge is -2.03. The molecule has 0 amide bonds. The van der Waals surface area contributed by atoms with Crippen LogP contribution in [0.2, 0.25) is 10.0 Å². The molecule has 0 atom stereocenters. The topological polar surface area (TPSA) is 43.1 Å². The second-order valence-corrected chi connectivity index (χ2v) is 4.25. The monoisotopic (exact) mass is 243 g/mol. The van der Waals surface area contributed by atoms with E-state index in [9.17, 15) is 4.79 Å². The van der Waals surface area contributed by atoms with E-state index in [1.807, 2.05) is 13.8 Å². The second-order valence-electron chi connectivity index (χ2n) is 3.44. The van der Waals surface area contributed by atoms with Gasteiger partial charge in [0.05, 0.1) is 15.7 Å². The molecule has 0 saturated carbocycles. The van der Waals surface area contributed by atoms with Gasteiger partial charge in [-0.25, -0.2) is 0 Å². The Hall–Kier alpha value is -0.990. The highest BCUT2D eigenvalue weighted by Gasteiger charge is 2.09. The van der Waals surface area contributed by atoms with Crippen molar-refractivity contribution in [3.8, 4) is 0 Å². The molecule has 0 fully saturated rings. The van der Waals surface area contributed by atoms with Crippen LogP contribution in [-0.4, -0.2) is 5.78 Å². The lowest BCUT2D eigenvalue weighted by atomic mass is 10.1. The summed E-state index contributed by atoms with van der Waals surface area (Å²) in [5.74, 6) is -0.126. The summed E-state index contributed by atoms with van der Waals surface area (Å²) in [6.45, 7) is 3.69. The number of carbonyl (C=O) groups excluding carboxylic acids is 1. The van der Waals surface area contributed by atoms with Crippen LogP contribution in [0.25, 0.3) is 0 Å². The number of halogens is 2. The van der Waals surface area contributed by atoms with Gasteiger partial charge in [0.15, 0.2) is 5.78 Å². The average molecular weight is 244 g/mol. The van der Waals surface area contributed by atoms with Gasteiger partial charge in [0.2, 0.25) is 0 Å². The zero-order valence-electron chi connectivity index (χ0n) is 8.47. The maximum atomic E-state index is 11.6. The van der Waals surface area contributed by atoms with Crippen molar-refractivity contribution < 1.29 is 4.79 Å². The van der Waals surface area contributed by atoms with E-state index in [1.165, 1.54) is 18.2 Å². The minimum Gasteiger partial charge on any atom is -0.396 e.